The third-order valence-electron chi connectivity index (χ3n) is 1.89. The molecule has 1 rings (SSSR count). The summed E-state index contributed by atoms with van der Waals surface area (Å²) in [6.07, 6.45) is 1.04. The Morgan fingerprint density at radius 1 is 1.28 bits per heavy atom. The molecule has 0 heterocycles. The van der Waals surface area contributed by atoms with Crippen molar-refractivity contribution in [2.75, 3.05) is 16.3 Å². The number of carbonyl (C=O) groups excluding carboxylic acids is 1. The van der Waals surface area contributed by atoms with Gasteiger partial charge in [0.2, 0.25) is 15.9 Å². The highest BCUT2D eigenvalue weighted by molar-refractivity contribution is 7.92. The Hall–Kier alpha value is -1.31. The summed E-state index contributed by atoms with van der Waals surface area (Å²) < 4.78 is 24.6. The van der Waals surface area contributed by atoms with Gasteiger partial charge in [0.15, 0.2) is 0 Å². The van der Waals surface area contributed by atoms with Gasteiger partial charge in [-0.15, -0.1) is 12.4 Å². The van der Waals surface area contributed by atoms with E-state index in [1.165, 1.54) is 0 Å². The summed E-state index contributed by atoms with van der Waals surface area (Å²) in [6.45, 7) is 1.54. The van der Waals surface area contributed by atoms with Crippen LogP contribution < -0.4 is 15.8 Å². The number of carbonyl (C=O) groups is 1. The van der Waals surface area contributed by atoms with Crippen molar-refractivity contribution in [2.24, 2.45) is 5.73 Å². The number of benzene rings is 1. The number of para-hydroxylation sites is 2. The molecule has 8 heteroatoms. The highest BCUT2D eigenvalue weighted by Crippen LogP contribution is 2.21. The maximum absolute atomic E-state index is 11.4. The van der Waals surface area contributed by atoms with E-state index in [1.807, 2.05) is 0 Å². The molecule has 18 heavy (non-hydrogen) atoms. The molecule has 1 amide bonds. The fourth-order valence-corrected chi connectivity index (χ4v) is 1.70. The van der Waals surface area contributed by atoms with Crippen LogP contribution in [0.1, 0.15) is 6.92 Å². The smallest absolute Gasteiger partial charge is 0.241 e. The average Bonchev–Trinajstić information content (AvgIpc) is 2.18. The van der Waals surface area contributed by atoms with E-state index in [4.69, 9.17) is 5.73 Å². The largest absolute Gasteiger partial charge is 0.323 e. The molecule has 102 valence electrons. The van der Waals surface area contributed by atoms with Gasteiger partial charge in [0.1, 0.15) is 0 Å². The zero-order valence-electron chi connectivity index (χ0n) is 10.0. The van der Waals surface area contributed by atoms with Crippen LogP contribution in [0.25, 0.3) is 0 Å². The van der Waals surface area contributed by atoms with Crippen molar-refractivity contribution in [3.8, 4) is 0 Å². The molecular formula is C10H16ClN3O3S. The SMILES string of the molecule is C[C@H](N)C(=O)Nc1ccccc1NS(C)(=O)=O.Cl. The lowest BCUT2D eigenvalue weighted by Gasteiger charge is -2.12. The molecular weight excluding hydrogens is 278 g/mol. The number of amides is 1. The summed E-state index contributed by atoms with van der Waals surface area (Å²) in [5.41, 5.74) is 6.09. The van der Waals surface area contributed by atoms with Gasteiger partial charge in [-0.25, -0.2) is 8.42 Å². The maximum atomic E-state index is 11.4. The van der Waals surface area contributed by atoms with Crippen LogP contribution in [0.2, 0.25) is 0 Å². The van der Waals surface area contributed by atoms with E-state index in [-0.39, 0.29) is 18.3 Å². The number of hydrogen-bond donors (Lipinski definition) is 3. The van der Waals surface area contributed by atoms with Crippen LogP contribution in [0, 0.1) is 0 Å². The molecule has 0 aliphatic rings. The topological polar surface area (TPSA) is 101 Å². The van der Waals surface area contributed by atoms with E-state index in [9.17, 15) is 13.2 Å². The molecule has 0 saturated carbocycles. The van der Waals surface area contributed by atoms with Gasteiger partial charge in [-0.1, -0.05) is 12.1 Å². The summed E-state index contributed by atoms with van der Waals surface area (Å²) in [5, 5.41) is 2.54. The molecule has 1 atom stereocenters. The van der Waals surface area contributed by atoms with E-state index >= 15 is 0 Å². The van der Waals surface area contributed by atoms with E-state index in [0.29, 0.717) is 11.4 Å². The minimum atomic E-state index is -3.39. The molecule has 0 fully saturated rings. The van der Waals surface area contributed by atoms with Crippen molar-refractivity contribution in [1.82, 2.24) is 0 Å². The summed E-state index contributed by atoms with van der Waals surface area (Å²) in [5.74, 6) is -0.382. The first kappa shape index (κ1) is 16.7. The molecule has 0 spiro atoms. The summed E-state index contributed by atoms with van der Waals surface area (Å²) >= 11 is 0. The zero-order chi connectivity index (χ0) is 13.1. The third-order valence-corrected chi connectivity index (χ3v) is 2.48. The third kappa shape index (κ3) is 5.35. The number of halogens is 1. The van der Waals surface area contributed by atoms with Gasteiger partial charge in [-0.05, 0) is 19.1 Å². The van der Waals surface area contributed by atoms with Gasteiger partial charge in [-0.2, -0.15) is 0 Å². The highest BCUT2D eigenvalue weighted by atomic mass is 35.5. The summed E-state index contributed by atoms with van der Waals surface area (Å²) in [4.78, 5) is 11.4. The van der Waals surface area contributed by atoms with Crippen molar-refractivity contribution in [2.45, 2.75) is 13.0 Å². The molecule has 0 bridgehead atoms. The number of hydrogen-bond acceptors (Lipinski definition) is 4. The molecule has 4 N–H and O–H groups in total. The zero-order valence-corrected chi connectivity index (χ0v) is 11.6. The van der Waals surface area contributed by atoms with Crippen molar-refractivity contribution in [3.05, 3.63) is 24.3 Å². The second-order valence-corrected chi connectivity index (χ2v) is 5.45. The van der Waals surface area contributed by atoms with Gasteiger partial charge in [-0.3, -0.25) is 9.52 Å². The first-order valence-electron chi connectivity index (χ1n) is 4.93. The fourth-order valence-electron chi connectivity index (χ4n) is 1.13. The van der Waals surface area contributed by atoms with Gasteiger partial charge in [0.25, 0.3) is 0 Å². The van der Waals surface area contributed by atoms with Gasteiger partial charge in [0.05, 0.1) is 23.7 Å². The van der Waals surface area contributed by atoms with Crippen LogP contribution in [0.15, 0.2) is 24.3 Å². The molecule has 0 saturated heterocycles. The number of rotatable bonds is 4. The molecule has 1 aromatic rings. The minimum absolute atomic E-state index is 0. The summed E-state index contributed by atoms with van der Waals surface area (Å²) in [7, 11) is -3.39. The van der Waals surface area contributed by atoms with Crippen LogP contribution in [-0.4, -0.2) is 26.6 Å². The Kier molecular flexibility index (Phi) is 6.10. The number of anilines is 2. The molecule has 6 nitrogen and oxygen atoms in total. The van der Waals surface area contributed by atoms with Crippen molar-refractivity contribution in [1.29, 1.82) is 0 Å². The van der Waals surface area contributed by atoms with Gasteiger partial charge < -0.3 is 11.1 Å². The Bertz CT molecular complexity index is 517. The van der Waals surface area contributed by atoms with Crippen LogP contribution in [0.3, 0.4) is 0 Å². The van der Waals surface area contributed by atoms with E-state index < -0.39 is 16.1 Å². The molecule has 0 radical (unpaired) electrons. The number of sulfonamides is 1. The van der Waals surface area contributed by atoms with Gasteiger partial charge in [0, 0.05) is 0 Å². The normalized spacial score (nSPS) is 12.2. The first-order valence-corrected chi connectivity index (χ1v) is 6.82. The molecule has 0 aliphatic carbocycles. The second kappa shape index (κ2) is 6.58. The Morgan fingerprint density at radius 2 is 1.78 bits per heavy atom. The van der Waals surface area contributed by atoms with Crippen molar-refractivity contribution < 1.29 is 13.2 Å². The molecule has 0 unspecified atom stereocenters. The lowest BCUT2D eigenvalue weighted by Crippen LogP contribution is -2.32. The van der Waals surface area contributed by atoms with Crippen molar-refractivity contribution in [3.63, 3.8) is 0 Å². The quantitative estimate of drug-likeness (QED) is 0.763. The second-order valence-electron chi connectivity index (χ2n) is 3.70. The predicted octanol–water partition coefficient (Wildman–Crippen LogP) is 0.766. The standard InChI is InChI=1S/C10H15N3O3S.ClH/c1-7(11)10(14)12-8-5-3-4-6-9(8)13-17(2,15)16;/h3-7,13H,11H2,1-2H3,(H,12,14);1H/t7-;/m0./s1. The Morgan fingerprint density at radius 3 is 2.22 bits per heavy atom. The van der Waals surface area contributed by atoms with Crippen molar-refractivity contribution >= 4 is 39.7 Å². The molecule has 0 aromatic heterocycles. The highest BCUT2D eigenvalue weighted by Gasteiger charge is 2.11. The van der Waals surface area contributed by atoms with E-state index in [0.717, 1.165) is 6.26 Å². The van der Waals surface area contributed by atoms with E-state index in [2.05, 4.69) is 10.0 Å². The average molecular weight is 294 g/mol. The predicted molar refractivity (Wildman–Crippen MR) is 74.4 cm³/mol. The molecule has 1 aromatic carbocycles. The number of nitrogens with one attached hydrogen (secondary N) is 2. The lowest BCUT2D eigenvalue weighted by molar-refractivity contribution is -0.117. The van der Waals surface area contributed by atoms with Crippen LogP contribution in [0.4, 0.5) is 11.4 Å². The lowest BCUT2D eigenvalue weighted by atomic mass is 10.2. The fraction of sp³-hybridized carbons (Fsp3) is 0.300. The Balaban J connectivity index is 0.00000289. The monoisotopic (exact) mass is 293 g/mol. The van der Waals surface area contributed by atoms with Gasteiger partial charge >= 0.3 is 0 Å². The maximum Gasteiger partial charge on any atom is 0.241 e. The first-order chi connectivity index (χ1) is 7.79. The minimum Gasteiger partial charge on any atom is -0.323 e. The Labute approximate surface area is 112 Å². The van der Waals surface area contributed by atoms with Crippen LogP contribution in [0.5, 0.6) is 0 Å². The number of nitrogens with two attached hydrogens (primary N) is 1. The van der Waals surface area contributed by atoms with E-state index in [1.54, 1.807) is 31.2 Å². The van der Waals surface area contributed by atoms with Crippen LogP contribution >= 0.6 is 12.4 Å². The summed E-state index contributed by atoms with van der Waals surface area (Å²) in [6, 6.07) is 5.83. The van der Waals surface area contributed by atoms with Crippen LogP contribution in [-0.2, 0) is 14.8 Å². The molecule has 0 aliphatic heterocycles.